The van der Waals surface area contributed by atoms with E-state index in [9.17, 15) is 17.6 Å². The van der Waals surface area contributed by atoms with Crippen molar-refractivity contribution in [2.75, 3.05) is 19.7 Å². The molecule has 4 rings (SSSR count). The number of allylic oxidation sites excluding steroid dienone is 2. The number of ether oxygens (including phenoxy) is 1. The minimum atomic E-state index is -3.57. The third-order valence-electron chi connectivity index (χ3n) is 6.11. The average molecular weight is 435 g/mol. The lowest BCUT2D eigenvalue weighted by atomic mass is 9.90. The third-order valence-corrected chi connectivity index (χ3v) is 8.03. The SMILES string of the molecule is CCCc1ccc(S(=O)(=O)N2CCC(N3C(=O)OCC4C=C(F)C=CC43)CC2)cc1. The van der Waals surface area contributed by atoms with Gasteiger partial charge in [0, 0.05) is 25.0 Å². The monoisotopic (exact) mass is 434 g/mol. The molecule has 0 aromatic heterocycles. The van der Waals surface area contributed by atoms with Gasteiger partial charge in [-0.3, -0.25) is 4.90 Å². The van der Waals surface area contributed by atoms with Crippen molar-refractivity contribution in [3.63, 3.8) is 0 Å². The lowest BCUT2D eigenvalue weighted by Crippen LogP contribution is -2.57. The summed E-state index contributed by atoms with van der Waals surface area (Å²) in [4.78, 5) is 14.4. The van der Waals surface area contributed by atoms with Gasteiger partial charge in [0.1, 0.15) is 12.4 Å². The maximum atomic E-state index is 13.6. The van der Waals surface area contributed by atoms with E-state index in [2.05, 4.69) is 6.92 Å². The van der Waals surface area contributed by atoms with E-state index >= 15 is 0 Å². The van der Waals surface area contributed by atoms with Crippen LogP contribution in [0, 0.1) is 5.92 Å². The highest BCUT2D eigenvalue weighted by molar-refractivity contribution is 7.89. The predicted octanol–water partition coefficient (Wildman–Crippen LogP) is 3.65. The van der Waals surface area contributed by atoms with E-state index in [1.54, 1.807) is 23.1 Å². The molecule has 1 aromatic rings. The van der Waals surface area contributed by atoms with Gasteiger partial charge in [-0.25, -0.2) is 17.6 Å². The lowest BCUT2D eigenvalue weighted by Gasteiger charge is -2.45. The molecule has 3 aliphatic rings. The molecular weight excluding hydrogens is 407 g/mol. The molecule has 2 saturated heterocycles. The fourth-order valence-electron chi connectivity index (χ4n) is 4.52. The first-order chi connectivity index (χ1) is 14.4. The van der Waals surface area contributed by atoms with Crippen LogP contribution < -0.4 is 0 Å². The molecule has 0 saturated carbocycles. The topological polar surface area (TPSA) is 66.9 Å². The zero-order chi connectivity index (χ0) is 21.3. The number of hydrogen-bond donors (Lipinski definition) is 0. The highest BCUT2D eigenvalue weighted by Gasteiger charge is 2.42. The Morgan fingerprint density at radius 1 is 1.17 bits per heavy atom. The Balaban J connectivity index is 1.44. The Morgan fingerprint density at radius 2 is 1.87 bits per heavy atom. The number of benzene rings is 1. The summed E-state index contributed by atoms with van der Waals surface area (Å²) in [5.41, 5.74) is 1.12. The second-order valence-electron chi connectivity index (χ2n) is 8.08. The first-order valence-corrected chi connectivity index (χ1v) is 11.9. The molecular formula is C22H27FN2O4S. The molecule has 2 atom stereocenters. The Kier molecular flexibility index (Phi) is 5.97. The molecule has 2 fully saturated rings. The number of cyclic esters (lactones) is 1. The molecule has 0 radical (unpaired) electrons. The second-order valence-corrected chi connectivity index (χ2v) is 10.0. The van der Waals surface area contributed by atoms with Gasteiger partial charge in [-0.1, -0.05) is 31.6 Å². The molecule has 0 spiro atoms. The quantitative estimate of drug-likeness (QED) is 0.710. The first kappa shape index (κ1) is 21.1. The van der Waals surface area contributed by atoms with E-state index < -0.39 is 16.1 Å². The number of aryl methyl sites for hydroxylation is 1. The molecule has 162 valence electrons. The van der Waals surface area contributed by atoms with Crippen molar-refractivity contribution in [3.05, 3.63) is 53.9 Å². The third kappa shape index (κ3) is 4.03. The molecule has 0 bridgehead atoms. The van der Waals surface area contributed by atoms with Gasteiger partial charge >= 0.3 is 6.09 Å². The van der Waals surface area contributed by atoms with Crippen LogP contribution >= 0.6 is 0 Å². The minimum Gasteiger partial charge on any atom is -0.449 e. The molecule has 2 heterocycles. The van der Waals surface area contributed by atoms with Crippen LogP contribution in [0.1, 0.15) is 31.7 Å². The number of carbonyl (C=O) groups excluding carboxylic acids is 1. The number of fused-ring (bicyclic) bond motifs is 1. The van der Waals surface area contributed by atoms with Crippen LogP contribution in [0.3, 0.4) is 0 Å². The van der Waals surface area contributed by atoms with Gasteiger partial charge in [0.25, 0.3) is 0 Å². The molecule has 0 N–H and O–H groups in total. The van der Waals surface area contributed by atoms with Gasteiger partial charge in [-0.05, 0) is 49.1 Å². The first-order valence-electron chi connectivity index (χ1n) is 10.5. The van der Waals surface area contributed by atoms with Crippen LogP contribution in [0.15, 0.2) is 53.2 Å². The number of rotatable bonds is 5. The highest BCUT2D eigenvalue weighted by atomic mass is 32.2. The van der Waals surface area contributed by atoms with Crippen LogP contribution in [-0.4, -0.2) is 55.5 Å². The Morgan fingerprint density at radius 3 is 2.53 bits per heavy atom. The Labute approximate surface area is 177 Å². The van der Waals surface area contributed by atoms with Gasteiger partial charge in [-0.15, -0.1) is 0 Å². The lowest BCUT2D eigenvalue weighted by molar-refractivity contribution is 0.00552. The standard InChI is InChI=1S/C22H27FN2O4S/c1-2-3-16-4-7-20(8-5-16)30(27,28)24-12-10-19(11-13-24)25-21-9-6-18(23)14-17(21)15-29-22(25)26/h4-9,14,17,19,21H,2-3,10-13,15H2,1H3. The summed E-state index contributed by atoms with van der Waals surface area (Å²) in [6, 6.07) is 6.71. The summed E-state index contributed by atoms with van der Waals surface area (Å²) in [6.07, 6.45) is 7.15. The zero-order valence-corrected chi connectivity index (χ0v) is 17.9. The summed E-state index contributed by atoms with van der Waals surface area (Å²) in [5, 5.41) is 0. The van der Waals surface area contributed by atoms with E-state index in [0.717, 1.165) is 18.4 Å². The normalized spacial score (nSPS) is 25.6. The fraction of sp³-hybridized carbons (Fsp3) is 0.500. The Hall–Kier alpha value is -2.19. The predicted molar refractivity (Wildman–Crippen MR) is 111 cm³/mol. The number of hydrogen-bond acceptors (Lipinski definition) is 4. The molecule has 8 heteroatoms. The second kappa shape index (κ2) is 8.51. The summed E-state index contributed by atoms with van der Waals surface area (Å²) < 4.78 is 46.4. The van der Waals surface area contributed by atoms with Crippen molar-refractivity contribution in [2.24, 2.45) is 5.92 Å². The fourth-order valence-corrected chi connectivity index (χ4v) is 5.99. The van der Waals surface area contributed by atoms with Crippen LogP contribution in [0.25, 0.3) is 0 Å². The Bertz CT molecular complexity index is 950. The number of nitrogens with zero attached hydrogens (tertiary/aromatic N) is 2. The molecule has 1 aliphatic carbocycles. The van der Waals surface area contributed by atoms with Crippen molar-refractivity contribution < 1.29 is 22.3 Å². The van der Waals surface area contributed by atoms with E-state index in [1.807, 2.05) is 12.1 Å². The van der Waals surface area contributed by atoms with E-state index in [4.69, 9.17) is 4.74 Å². The van der Waals surface area contributed by atoms with Crippen LogP contribution in [0.2, 0.25) is 0 Å². The van der Waals surface area contributed by atoms with Gasteiger partial charge < -0.3 is 4.74 Å². The largest absolute Gasteiger partial charge is 0.449 e. The van der Waals surface area contributed by atoms with Crippen molar-refractivity contribution in [1.82, 2.24) is 9.21 Å². The zero-order valence-electron chi connectivity index (χ0n) is 17.0. The van der Waals surface area contributed by atoms with Gasteiger partial charge in [0.15, 0.2) is 0 Å². The average Bonchev–Trinajstić information content (AvgIpc) is 2.74. The van der Waals surface area contributed by atoms with Crippen LogP contribution in [0.4, 0.5) is 9.18 Å². The maximum absolute atomic E-state index is 13.6. The molecule has 2 unspecified atom stereocenters. The van der Waals surface area contributed by atoms with Gasteiger partial charge in [-0.2, -0.15) is 4.31 Å². The summed E-state index contributed by atoms with van der Waals surface area (Å²) >= 11 is 0. The van der Waals surface area contributed by atoms with Crippen LogP contribution in [0.5, 0.6) is 0 Å². The molecule has 2 aliphatic heterocycles. The maximum Gasteiger partial charge on any atom is 0.410 e. The molecule has 30 heavy (non-hydrogen) atoms. The molecule has 1 aromatic carbocycles. The minimum absolute atomic E-state index is 0.136. The van der Waals surface area contributed by atoms with Crippen molar-refractivity contribution >= 4 is 16.1 Å². The van der Waals surface area contributed by atoms with Crippen molar-refractivity contribution in [2.45, 2.75) is 49.6 Å². The summed E-state index contributed by atoms with van der Waals surface area (Å²) in [7, 11) is -3.57. The number of carbonyl (C=O) groups is 1. The number of amides is 1. The molecule has 6 nitrogen and oxygen atoms in total. The van der Waals surface area contributed by atoms with E-state index in [1.165, 1.54) is 16.5 Å². The van der Waals surface area contributed by atoms with Gasteiger partial charge in [0.2, 0.25) is 10.0 Å². The molecule has 1 amide bonds. The number of halogens is 1. The van der Waals surface area contributed by atoms with Crippen molar-refractivity contribution in [3.8, 4) is 0 Å². The summed E-state index contributed by atoms with van der Waals surface area (Å²) in [6.45, 7) is 2.92. The summed E-state index contributed by atoms with van der Waals surface area (Å²) in [5.74, 6) is -0.531. The van der Waals surface area contributed by atoms with Crippen molar-refractivity contribution in [1.29, 1.82) is 0 Å². The number of sulfonamides is 1. The smallest absolute Gasteiger partial charge is 0.410 e. The highest BCUT2D eigenvalue weighted by Crippen LogP contribution is 2.33. The van der Waals surface area contributed by atoms with E-state index in [0.29, 0.717) is 30.8 Å². The van der Waals surface area contributed by atoms with Crippen LogP contribution in [-0.2, 0) is 21.2 Å². The number of piperidine rings is 1. The van der Waals surface area contributed by atoms with E-state index in [-0.39, 0.29) is 30.4 Å². The van der Waals surface area contributed by atoms with Gasteiger partial charge in [0.05, 0.1) is 10.9 Å².